The Labute approximate surface area is 323 Å². The summed E-state index contributed by atoms with van der Waals surface area (Å²) in [6, 6.07) is 10.5. The lowest BCUT2D eigenvalue weighted by Crippen LogP contribution is -2.51. The van der Waals surface area contributed by atoms with Crippen molar-refractivity contribution in [3.05, 3.63) is 58.8 Å². The molecule has 14 nitrogen and oxygen atoms in total. The molecular weight excluding hydrogens is 721 g/mol. The topological polar surface area (TPSA) is 175 Å². The molecule has 0 bridgehead atoms. The Morgan fingerprint density at radius 2 is 1.13 bits per heavy atom. The molecule has 0 aliphatic carbocycles. The SMILES string of the molecule is COC(=O)NC(C(=O)N1CCCC1c1nc2ccc(-c3cscc3-c3ccc4nc(C5CCCN5C(=O)C(NC(=O)OC)C(C)C)[nH]c4c3)cc2[nH]1)C(C)C. The van der Waals surface area contributed by atoms with E-state index in [1.54, 1.807) is 11.3 Å². The van der Waals surface area contributed by atoms with Crippen LogP contribution < -0.4 is 10.6 Å². The molecule has 2 aliphatic rings. The number of imidazole rings is 2. The van der Waals surface area contributed by atoms with Gasteiger partial charge in [-0.2, -0.15) is 11.3 Å². The number of benzene rings is 2. The number of nitrogens with zero attached hydrogens (tertiary/aromatic N) is 4. The van der Waals surface area contributed by atoms with Gasteiger partial charge in [0.2, 0.25) is 11.8 Å². The second-order valence-electron chi connectivity index (χ2n) is 15.0. The number of fused-ring (bicyclic) bond motifs is 2. The minimum Gasteiger partial charge on any atom is -0.453 e. The average Bonchev–Trinajstić information content (AvgIpc) is 4.02. The molecule has 55 heavy (non-hydrogen) atoms. The minimum atomic E-state index is -0.700. The van der Waals surface area contributed by atoms with E-state index >= 15 is 0 Å². The third-order valence-corrected chi connectivity index (χ3v) is 11.5. The molecule has 3 aromatic heterocycles. The number of nitrogens with one attached hydrogen (secondary N) is 4. The van der Waals surface area contributed by atoms with E-state index < -0.39 is 24.3 Å². The molecule has 2 saturated heterocycles. The number of ether oxygens (including phenoxy) is 2. The number of thiophene rings is 1. The van der Waals surface area contributed by atoms with Gasteiger partial charge in [-0.25, -0.2) is 19.6 Å². The monoisotopic (exact) mass is 768 g/mol. The van der Waals surface area contributed by atoms with Crippen LogP contribution in [0.5, 0.6) is 0 Å². The van der Waals surface area contributed by atoms with Crippen LogP contribution in [0, 0.1) is 11.8 Å². The van der Waals surface area contributed by atoms with Crippen molar-refractivity contribution in [3.63, 3.8) is 0 Å². The molecule has 0 radical (unpaired) electrons. The van der Waals surface area contributed by atoms with Crippen LogP contribution in [0.4, 0.5) is 9.59 Å². The molecule has 290 valence electrons. The Morgan fingerprint density at radius 3 is 1.51 bits per heavy atom. The Hall–Kier alpha value is -5.44. The third kappa shape index (κ3) is 7.49. The van der Waals surface area contributed by atoms with Crippen LogP contribution in [0.3, 0.4) is 0 Å². The van der Waals surface area contributed by atoms with Crippen LogP contribution in [-0.2, 0) is 19.1 Å². The smallest absolute Gasteiger partial charge is 0.407 e. The first kappa shape index (κ1) is 37.9. The molecule has 5 heterocycles. The Balaban J connectivity index is 1.12. The van der Waals surface area contributed by atoms with E-state index in [1.807, 2.05) is 49.6 Å². The van der Waals surface area contributed by atoms with Gasteiger partial charge in [-0.3, -0.25) is 9.59 Å². The van der Waals surface area contributed by atoms with Crippen molar-refractivity contribution in [1.82, 2.24) is 40.4 Å². The summed E-state index contributed by atoms with van der Waals surface area (Å²) in [7, 11) is 2.58. The second-order valence-corrected chi connectivity index (χ2v) is 15.7. The molecule has 4 atom stereocenters. The highest BCUT2D eigenvalue weighted by Crippen LogP contribution is 2.39. The zero-order valence-corrected chi connectivity index (χ0v) is 32.8. The molecule has 2 fully saturated rings. The third-order valence-electron chi connectivity index (χ3n) is 10.8. The maximum atomic E-state index is 13.7. The first-order valence-corrected chi connectivity index (χ1v) is 19.8. The van der Waals surface area contributed by atoms with Gasteiger partial charge in [0, 0.05) is 24.2 Å². The molecule has 4 amide bonds. The lowest BCUT2D eigenvalue weighted by Gasteiger charge is -2.29. The van der Waals surface area contributed by atoms with Gasteiger partial charge >= 0.3 is 12.2 Å². The average molecular weight is 769 g/mol. The lowest BCUT2D eigenvalue weighted by molar-refractivity contribution is -0.136. The number of rotatable bonds is 10. The highest BCUT2D eigenvalue weighted by atomic mass is 32.1. The molecule has 15 heteroatoms. The molecule has 4 N–H and O–H groups in total. The van der Waals surface area contributed by atoms with E-state index in [0.717, 1.165) is 81.7 Å². The summed E-state index contributed by atoms with van der Waals surface area (Å²) in [5.41, 5.74) is 7.62. The molecule has 0 spiro atoms. The Kier molecular flexibility index (Phi) is 10.8. The van der Waals surface area contributed by atoms with Crippen molar-refractivity contribution in [3.8, 4) is 22.3 Å². The number of hydrogen-bond acceptors (Lipinski definition) is 9. The Morgan fingerprint density at radius 1 is 0.709 bits per heavy atom. The molecule has 5 aromatic rings. The van der Waals surface area contributed by atoms with Crippen molar-refractivity contribution < 1.29 is 28.7 Å². The van der Waals surface area contributed by atoms with Gasteiger partial charge in [0.05, 0.1) is 48.4 Å². The van der Waals surface area contributed by atoms with Crippen LogP contribution in [-0.4, -0.2) is 93.1 Å². The highest BCUT2D eigenvalue weighted by Gasteiger charge is 2.39. The molecule has 0 saturated carbocycles. The summed E-state index contributed by atoms with van der Waals surface area (Å²) in [5, 5.41) is 9.70. The van der Waals surface area contributed by atoms with Crippen LogP contribution in [0.15, 0.2) is 47.2 Å². The normalized spacial score (nSPS) is 18.3. The molecule has 7 rings (SSSR count). The predicted octanol–water partition coefficient (Wildman–Crippen LogP) is 6.92. The minimum absolute atomic E-state index is 0.115. The zero-order valence-electron chi connectivity index (χ0n) is 32.0. The van der Waals surface area contributed by atoms with Gasteiger partial charge < -0.3 is 39.9 Å². The van der Waals surface area contributed by atoms with Crippen LogP contribution >= 0.6 is 11.3 Å². The van der Waals surface area contributed by atoms with Crippen molar-refractivity contribution in [2.24, 2.45) is 11.8 Å². The van der Waals surface area contributed by atoms with Gasteiger partial charge in [-0.1, -0.05) is 39.8 Å². The van der Waals surface area contributed by atoms with E-state index in [2.05, 4.69) is 55.6 Å². The lowest BCUT2D eigenvalue weighted by atomic mass is 9.98. The number of carbonyl (C=O) groups is 4. The molecule has 2 aromatic carbocycles. The summed E-state index contributed by atoms with van der Waals surface area (Å²) in [6.45, 7) is 8.79. The fourth-order valence-corrected chi connectivity index (χ4v) is 8.71. The van der Waals surface area contributed by atoms with Crippen molar-refractivity contribution in [1.29, 1.82) is 0 Å². The quantitative estimate of drug-likeness (QED) is 0.118. The maximum Gasteiger partial charge on any atom is 0.407 e. The first-order chi connectivity index (χ1) is 26.5. The van der Waals surface area contributed by atoms with Gasteiger partial charge in [0.25, 0.3) is 0 Å². The van der Waals surface area contributed by atoms with Gasteiger partial charge in [0.15, 0.2) is 0 Å². The van der Waals surface area contributed by atoms with Gasteiger partial charge in [-0.15, -0.1) is 0 Å². The number of methoxy groups -OCH3 is 2. The summed E-state index contributed by atoms with van der Waals surface area (Å²) >= 11 is 1.63. The van der Waals surface area contributed by atoms with E-state index in [0.29, 0.717) is 13.1 Å². The largest absolute Gasteiger partial charge is 0.453 e. The van der Waals surface area contributed by atoms with Crippen LogP contribution in [0.2, 0.25) is 0 Å². The number of carbonyl (C=O) groups excluding carboxylic acids is 4. The maximum absolute atomic E-state index is 13.7. The predicted molar refractivity (Wildman–Crippen MR) is 210 cm³/mol. The van der Waals surface area contributed by atoms with E-state index in [4.69, 9.17) is 19.4 Å². The number of H-pyrrole nitrogens is 2. The first-order valence-electron chi connectivity index (χ1n) is 18.8. The summed E-state index contributed by atoms with van der Waals surface area (Å²) in [5.74, 6) is 0.940. The Bertz CT molecular complexity index is 2070. The fraction of sp³-hybridized carbons (Fsp3) is 0.450. The van der Waals surface area contributed by atoms with E-state index in [9.17, 15) is 19.2 Å². The summed E-state index contributed by atoms with van der Waals surface area (Å²) in [6.07, 6.45) is 1.97. The number of aromatic nitrogens is 4. The standard InChI is InChI=1S/C40H48N8O6S/c1-21(2)33(45-39(51)53-5)37(49)47-15-7-9-31(47)35-41-27-13-11-23(17-29(27)43-35)25-19-55-20-26(25)24-12-14-28-30(18-24)44-36(42-28)32-10-8-16-48(32)38(50)34(22(3)4)46-40(52)54-6/h11-14,17-22,31-34H,7-10,15-16H2,1-6H3,(H,41,43)(H,42,44)(H,45,51)(H,46,52). The van der Waals surface area contributed by atoms with Crippen molar-refractivity contribution in [2.75, 3.05) is 27.3 Å². The van der Waals surface area contributed by atoms with E-state index in [1.165, 1.54) is 14.2 Å². The van der Waals surface area contributed by atoms with Crippen LogP contribution in [0.1, 0.15) is 77.1 Å². The van der Waals surface area contributed by atoms with Gasteiger partial charge in [0.1, 0.15) is 23.7 Å². The van der Waals surface area contributed by atoms with E-state index in [-0.39, 0.29) is 35.7 Å². The van der Waals surface area contributed by atoms with Crippen molar-refractivity contribution in [2.45, 2.75) is 77.5 Å². The van der Waals surface area contributed by atoms with Crippen molar-refractivity contribution >= 4 is 57.4 Å². The number of likely N-dealkylation sites (tertiary alicyclic amines) is 2. The second kappa shape index (κ2) is 15.7. The van der Waals surface area contributed by atoms with Crippen LogP contribution in [0.25, 0.3) is 44.3 Å². The highest BCUT2D eigenvalue weighted by molar-refractivity contribution is 7.08. The number of aromatic amines is 2. The molecule has 2 aliphatic heterocycles. The molecular formula is C40H48N8O6S. The summed E-state index contributed by atoms with van der Waals surface area (Å²) in [4.78, 5) is 71.9. The number of alkyl carbamates (subject to hydrolysis) is 2. The molecule has 4 unspecified atom stereocenters. The fourth-order valence-electron chi connectivity index (χ4n) is 7.84. The van der Waals surface area contributed by atoms with Gasteiger partial charge in [-0.05, 0) is 83.7 Å². The zero-order chi connectivity index (χ0) is 39.0. The number of amides is 4. The summed E-state index contributed by atoms with van der Waals surface area (Å²) < 4.78 is 9.56. The number of hydrogen-bond donors (Lipinski definition) is 4.